The summed E-state index contributed by atoms with van der Waals surface area (Å²) in [6.45, 7) is 2.36. The fourth-order valence-corrected chi connectivity index (χ4v) is 4.36. The summed E-state index contributed by atoms with van der Waals surface area (Å²) in [6.07, 6.45) is 0.709. The summed E-state index contributed by atoms with van der Waals surface area (Å²) < 4.78 is 32.4. The molecule has 0 spiro atoms. The van der Waals surface area contributed by atoms with Crippen molar-refractivity contribution in [1.82, 2.24) is 15.5 Å². The van der Waals surface area contributed by atoms with Crippen molar-refractivity contribution in [3.63, 3.8) is 0 Å². The molecule has 0 aliphatic carbocycles. The number of aryl methyl sites for hydroxylation is 1. The summed E-state index contributed by atoms with van der Waals surface area (Å²) in [4.78, 5) is 0.0380. The van der Waals surface area contributed by atoms with E-state index in [4.69, 9.17) is 4.42 Å². The largest absolute Gasteiger partial charge is 0.451 e. The van der Waals surface area contributed by atoms with Gasteiger partial charge in [-0.25, -0.2) is 8.42 Å². The highest BCUT2D eigenvalue weighted by Crippen LogP contribution is 2.28. The van der Waals surface area contributed by atoms with Crippen LogP contribution in [0.4, 0.5) is 5.13 Å². The second-order valence-electron chi connectivity index (χ2n) is 3.84. The highest BCUT2D eigenvalue weighted by atomic mass is 79.9. The average Bonchev–Trinajstić information content (AvgIpc) is 2.96. The monoisotopic (exact) mass is 380 g/mol. The lowest BCUT2D eigenvalue weighted by Gasteiger charge is -2.01. The van der Waals surface area contributed by atoms with Crippen LogP contribution >= 0.6 is 27.3 Å². The molecule has 0 atom stereocenters. The number of nitrogens with one attached hydrogen (secondary N) is 2. The second-order valence-corrected chi connectivity index (χ2v) is 7.27. The number of hydrogen-bond donors (Lipinski definition) is 2. The number of anilines is 1. The van der Waals surface area contributed by atoms with Crippen molar-refractivity contribution < 1.29 is 12.8 Å². The molecule has 2 aromatic heterocycles. The van der Waals surface area contributed by atoms with Gasteiger partial charge in [-0.2, -0.15) is 0 Å². The molecule has 0 saturated heterocycles. The fraction of sp³-hybridized carbons (Fsp3) is 0.400. The van der Waals surface area contributed by atoms with E-state index in [2.05, 4.69) is 36.2 Å². The van der Waals surface area contributed by atoms with Gasteiger partial charge in [-0.15, -0.1) is 10.2 Å². The SMILES string of the molecule is CCc1nnc(NS(=O)(=O)c2cc(CNC)oc2Br)s1. The number of furan rings is 1. The van der Waals surface area contributed by atoms with Gasteiger partial charge in [-0.3, -0.25) is 4.72 Å². The smallest absolute Gasteiger partial charge is 0.268 e. The van der Waals surface area contributed by atoms with Crippen molar-refractivity contribution in [3.05, 3.63) is 21.5 Å². The van der Waals surface area contributed by atoms with E-state index >= 15 is 0 Å². The summed E-state index contributed by atoms with van der Waals surface area (Å²) >= 11 is 4.32. The molecule has 0 radical (unpaired) electrons. The summed E-state index contributed by atoms with van der Waals surface area (Å²) in [7, 11) is -2.00. The fourth-order valence-electron chi connectivity index (χ4n) is 1.45. The van der Waals surface area contributed by atoms with E-state index in [1.807, 2.05) is 6.92 Å². The zero-order valence-electron chi connectivity index (χ0n) is 10.8. The minimum Gasteiger partial charge on any atom is -0.451 e. The molecule has 0 aromatic carbocycles. The Bertz CT molecular complexity index is 695. The third kappa shape index (κ3) is 3.37. The van der Waals surface area contributed by atoms with Crippen molar-refractivity contribution in [2.75, 3.05) is 11.8 Å². The lowest BCUT2D eigenvalue weighted by molar-refractivity contribution is 0.470. The molecular formula is C10H13BrN4O3S2. The third-order valence-corrected chi connectivity index (χ3v) is 5.65. The zero-order chi connectivity index (χ0) is 14.8. The summed E-state index contributed by atoms with van der Waals surface area (Å²) in [5.41, 5.74) is 0. The van der Waals surface area contributed by atoms with Crippen LogP contribution in [0.15, 0.2) is 20.0 Å². The third-order valence-electron chi connectivity index (χ3n) is 2.34. The molecule has 2 rings (SSSR count). The lowest BCUT2D eigenvalue weighted by atomic mass is 10.4. The number of nitrogens with zero attached hydrogens (tertiary/aromatic N) is 2. The summed E-state index contributed by atoms with van der Waals surface area (Å²) in [5, 5.41) is 11.6. The van der Waals surface area contributed by atoms with Crippen molar-refractivity contribution in [2.24, 2.45) is 0 Å². The van der Waals surface area contributed by atoms with Gasteiger partial charge in [0.1, 0.15) is 15.7 Å². The van der Waals surface area contributed by atoms with Gasteiger partial charge in [0.25, 0.3) is 10.0 Å². The predicted molar refractivity (Wildman–Crippen MR) is 79.3 cm³/mol. The maximum Gasteiger partial charge on any atom is 0.268 e. The van der Waals surface area contributed by atoms with Crippen molar-refractivity contribution in [1.29, 1.82) is 0 Å². The van der Waals surface area contributed by atoms with Gasteiger partial charge in [0, 0.05) is 6.07 Å². The molecule has 0 unspecified atom stereocenters. The molecule has 0 saturated carbocycles. The van der Waals surface area contributed by atoms with Crippen molar-refractivity contribution in [3.8, 4) is 0 Å². The van der Waals surface area contributed by atoms with Crippen LogP contribution in [0.3, 0.4) is 0 Å². The van der Waals surface area contributed by atoms with Crippen LogP contribution in [-0.4, -0.2) is 25.7 Å². The summed E-state index contributed by atoms with van der Waals surface area (Å²) in [5.74, 6) is 0.520. The van der Waals surface area contributed by atoms with E-state index in [-0.39, 0.29) is 14.7 Å². The molecule has 10 heteroatoms. The summed E-state index contributed by atoms with van der Waals surface area (Å²) in [6, 6.07) is 1.46. The molecule has 2 N–H and O–H groups in total. The Morgan fingerprint density at radius 1 is 1.45 bits per heavy atom. The predicted octanol–water partition coefficient (Wildman–Crippen LogP) is 1.98. The number of rotatable bonds is 6. The Kier molecular flexibility index (Phi) is 4.78. The first-order valence-corrected chi connectivity index (χ1v) is 8.83. The van der Waals surface area contributed by atoms with Crippen LogP contribution < -0.4 is 10.0 Å². The second kappa shape index (κ2) is 6.20. The Morgan fingerprint density at radius 3 is 2.80 bits per heavy atom. The lowest BCUT2D eigenvalue weighted by Crippen LogP contribution is -2.12. The minimum atomic E-state index is -3.75. The minimum absolute atomic E-state index is 0.0380. The molecule has 110 valence electrons. The van der Waals surface area contributed by atoms with Gasteiger partial charge in [0.05, 0.1) is 6.54 Å². The molecule has 0 aliphatic heterocycles. The van der Waals surface area contributed by atoms with Crippen molar-refractivity contribution >= 4 is 42.4 Å². The highest BCUT2D eigenvalue weighted by Gasteiger charge is 2.23. The first-order chi connectivity index (χ1) is 9.46. The van der Waals surface area contributed by atoms with Gasteiger partial charge >= 0.3 is 0 Å². The van der Waals surface area contributed by atoms with Gasteiger partial charge in [-0.1, -0.05) is 18.3 Å². The molecule has 7 nitrogen and oxygen atoms in total. The normalized spacial score (nSPS) is 11.8. The quantitative estimate of drug-likeness (QED) is 0.794. The van der Waals surface area contributed by atoms with Crippen LogP contribution in [0.2, 0.25) is 0 Å². The van der Waals surface area contributed by atoms with E-state index in [9.17, 15) is 8.42 Å². The van der Waals surface area contributed by atoms with Crippen LogP contribution in [0, 0.1) is 0 Å². The van der Waals surface area contributed by atoms with E-state index in [1.54, 1.807) is 7.05 Å². The van der Waals surface area contributed by atoms with E-state index in [0.717, 1.165) is 5.01 Å². The number of hydrogen-bond acceptors (Lipinski definition) is 7. The zero-order valence-corrected chi connectivity index (χ0v) is 14.0. The molecule has 20 heavy (non-hydrogen) atoms. The molecule has 0 aliphatic rings. The molecule has 2 aromatic rings. The Hall–Kier alpha value is -0.970. The van der Waals surface area contributed by atoms with Gasteiger partial charge in [0.2, 0.25) is 5.13 Å². The Morgan fingerprint density at radius 2 is 2.20 bits per heavy atom. The van der Waals surface area contributed by atoms with Crippen LogP contribution in [-0.2, 0) is 23.0 Å². The molecule has 0 fully saturated rings. The molecule has 2 heterocycles. The Labute approximate surface area is 129 Å². The maximum absolute atomic E-state index is 12.3. The molecule has 0 amide bonds. The number of sulfonamides is 1. The highest BCUT2D eigenvalue weighted by molar-refractivity contribution is 9.10. The van der Waals surface area contributed by atoms with Crippen molar-refractivity contribution in [2.45, 2.75) is 24.8 Å². The van der Waals surface area contributed by atoms with Gasteiger partial charge in [-0.05, 0) is 29.4 Å². The number of aromatic nitrogens is 2. The Balaban J connectivity index is 2.25. The van der Waals surface area contributed by atoms with Gasteiger partial charge in [0.15, 0.2) is 4.67 Å². The first kappa shape index (κ1) is 15.4. The molecular weight excluding hydrogens is 368 g/mol. The average molecular weight is 381 g/mol. The van der Waals surface area contributed by atoms with Crippen LogP contribution in [0.25, 0.3) is 0 Å². The topological polar surface area (TPSA) is 97.1 Å². The van der Waals surface area contributed by atoms with E-state index in [1.165, 1.54) is 17.4 Å². The maximum atomic E-state index is 12.3. The molecule has 0 bridgehead atoms. The van der Waals surface area contributed by atoms with Gasteiger partial charge < -0.3 is 9.73 Å². The van der Waals surface area contributed by atoms with E-state index < -0.39 is 10.0 Å². The van der Waals surface area contributed by atoms with E-state index in [0.29, 0.717) is 18.7 Å². The van der Waals surface area contributed by atoms with Crippen LogP contribution in [0.5, 0.6) is 0 Å². The standard InChI is InChI=1S/C10H13BrN4O3S2/c1-3-8-13-14-10(19-8)15-20(16,17)7-4-6(5-12-2)18-9(7)11/h4,12H,3,5H2,1-2H3,(H,14,15). The van der Waals surface area contributed by atoms with Crippen LogP contribution in [0.1, 0.15) is 17.7 Å². The number of halogens is 1. The first-order valence-electron chi connectivity index (χ1n) is 5.74.